The molecular formula is C21H27N3O3. The Hall–Kier alpha value is -2.05. The number of pyridine rings is 1. The SMILES string of the molecule is Oc1cc2nc3c(c(NC4CCN(C5CC5)CC4)c2cc1O)CCOCC3. The van der Waals surface area contributed by atoms with Crippen molar-refractivity contribution in [3.8, 4) is 11.5 Å². The van der Waals surface area contributed by atoms with Crippen LogP contribution in [0.4, 0.5) is 5.69 Å². The molecule has 3 heterocycles. The third-order valence-electron chi connectivity index (χ3n) is 6.19. The maximum atomic E-state index is 10.1. The van der Waals surface area contributed by atoms with Crippen molar-refractivity contribution in [1.82, 2.24) is 9.88 Å². The molecule has 0 unspecified atom stereocenters. The van der Waals surface area contributed by atoms with E-state index in [9.17, 15) is 10.2 Å². The fraction of sp³-hybridized carbons (Fsp3) is 0.571. The fourth-order valence-electron chi connectivity index (χ4n) is 4.52. The van der Waals surface area contributed by atoms with Crippen LogP contribution in [0.25, 0.3) is 10.9 Å². The van der Waals surface area contributed by atoms with Crippen molar-refractivity contribution in [2.45, 2.75) is 50.6 Å². The van der Waals surface area contributed by atoms with Crippen molar-refractivity contribution < 1.29 is 14.9 Å². The lowest BCUT2D eigenvalue weighted by molar-refractivity contribution is 0.146. The smallest absolute Gasteiger partial charge is 0.159 e. The van der Waals surface area contributed by atoms with E-state index in [0.717, 1.165) is 67.1 Å². The average Bonchev–Trinajstić information content (AvgIpc) is 3.51. The lowest BCUT2D eigenvalue weighted by Gasteiger charge is -2.33. The molecule has 2 aromatic rings. The highest BCUT2D eigenvalue weighted by atomic mass is 16.5. The lowest BCUT2D eigenvalue weighted by atomic mass is 9.98. The lowest BCUT2D eigenvalue weighted by Crippen LogP contribution is -2.40. The van der Waals surface area contributed by atoms with Gasteiger partial charge in [0.05, 0.1) is 18.7 Å². The summed E-state index contributed by atoms with van der Waals surface area (Å²) in [6.07, 6.45) is 6.60. The van der Waals surface area contributed by atoms with Gasteiger partial charge in [-0.25, -0.2) is 0 Å². The van der Waals surface area contributed by atoms with Crippen LogP contribution in [0.1, 0.15) is 36.9 Å². The summed E-state index contributed by atoms with van der Waals surface area (Å²) >= 11 is 0. The first-order chi connectivity index (χ1) is 13.2. The number of phenols is 2. The summed E-state index contributed by atoms with van der Waals surface area (Å²) in [5.74, 6) is -0.218. The number of piperidine rings is 1. The second-order valence-corrected chi connectivity index (χ2v) is 8.07. The number of aromatic nitrogens is 1. The number of hydrogen-bond donors (Lipinski definition) is 3. The molecule has 1 saturated heterocycles. The van der Waals surface area contributed by atoms with Gasteiger partial charge in [0.25, 0.3) is 0 Å². The molecule has 3 N–H and O–H groups in total. The maximum Gasteiger partial charge on any atom is 0.159 e. The van der Waals surface area contributed by atoms with E-state index in [1.54, 1.807) is 12.1 Å². The Morgan fingerprint density at radius 3 is 2.52 bits per heavy atom. The molecule has 2 aliphatic heterocycles. The Labute approximate surface area is 159 Å². The Bertz CT molecular complexity index is 858. The Morgan fingerprint density at radius 2 is 1.74 bits per heavy atom. The van der Waals surface area contributed by atoms with Crippen molar-refractivity contribution in [3.05, 3.63) is 23.4 Å². The van der Waals surface area contributed by atoms with Gasteiger partial charge in [-0.15, -0.1) is 0 Å². The number of rotatable bonds is 3. The van der Waals surface area contributed by atoms with Crippen LogP contribution >= 0.6 is 0 Å². The second kappa shape index (κ2) is 6.84. The first-order valence-corrected chi connectivity index (χ1v) is 10.1. The van der Waals surface area contributed by atoms with E-state index in [4.69, 9.17) is 9.72 Å². The predicted molar refractivity (Wildman–Crippen MR) is 105 cm³/mol. The number of nitrogens with zero attached hydrogens (tertiary/aromatic N) is 2. The minimum atomic E-state index is -0.122. The molecule has 0 radical (unpaired) electrons. The number of benzene rings is 1. The van der Waals surface area contributed by atoms with Crippen LogP contribution < -0.4 is 5.32 Å². The first kappa shape index (κ1) is 17.1. The van der Waals surface area contributed by atoms with E-state index in [1.165, 1.54) is 18.4 Å². The van der Waals surface area contributed by atoms with E-state index in [0.29, 0.717) is 19.3 Å². The topological polar surface area (TPSA) is 77.9 Å². The van der Waals surface area contributed by atoms with Gasteiger partial charge >= 0.3 is 0 Å². The van der Waals surface area contributed by atoms with Gasteiger partial charge in [-0.1, -0.05) is 0 Å². The molecule has 3 aliphatic rings. The molecule has 1 aromatic heterocycles. The highest BCUT2D eigenvalue weighted by Crippen LogP contribution is 2.38. The summed E-state index contributed by atoms with van der Waals surface area (Å²) < 4.78 is 5.67. The minimum Gasteiger partial charge on any atom is -0.504 e. The van der Waals surface area contributed by atoms with Crippen LogP contribution in [-0.2, 0) is 17.6 Å². The van der Waals surface area contributed by atoms with Crippen molar-refractivity contribution in [2.24, 2.45) is 0 Å². The fourth-order valence-corrected chi connectivity index (χ4v) is 4.52. The summed E-state index contributed by atoms with van der Waals surface area (Å²) in [6, 6.07) is 4.47. The van der Waals surface area contributed by atoms with E-state index >= 15 is 0 Å². The van der Waals surface area contributed by atoms with Gasteiger partial charge in [0.2, 0.25) is 0 Å². The molecule has 1 saturated carbocycles. The standard InChI is InChI=1S/C21H27N3O3/c25-19-11-16-18(12-20(19)26)23-17-6-10-27-9-5-15(17)21(16)22-13-3-7-24(8-4-13)14-1-2-14/h11-14,25-26H,1-10H2,(H,22,23). The van der Waals surface area contributed by atoms with Crippen LogP contribution in [0, 0.1) is 0 Å². The number of phenolic OH excluding ortho intramolecular Hbond substituents is 2. The van der Waals surface area contributed by atoms with E-state index in [-0.39, 0.29) is 11.5 Å². The molecule has 0 spiro atoms. The molecule has 0 bridgehead atoms. The van der Waals surface area contributed by atoms with E-state index in [2.05, 4.69) is 10.2 Å². The zero-order valence-electron chi connectivity index (χ0n) is 15.6. The average molecular weight is 369 g/mol. The zero-order chi connectivity index (χ0) is 18.4. The van der Waals surface area contributed by atoms with Crippen molar-refractivity contribution in [2.75, 3.05) is 31.6 Å². The first-order valence-electron chi connectivity index (χ1n) is 10.1. The monoisotopic (exact) mass is 369 g/mol. The van der Waals surface area contributed by atoms with Crippen LogP contribution in [-0.4, -0.2) is 58.5 Å². The third-order valence-corrected chi connectivity index (χ3v) is 6.19. The van der Waals surface area contributed by atoms with Gasteiger partial charge in [0.1, 0.15) is 0 Å². The third kappa shape index (κ3) is 3.32. The number of hydrogen-bond acceptors (Lipinski definition) is 6. The van der Waals surface area contributed by atoms with Gasteiger partial charge in [0.15, 0.2) is 11.5 Å². The summed E-state index contributed by atoms with van der Waals surface area (Å²) in [4.78, 5) is 7.40. The highest BCUT2D eigenvalue weighted by molar-refractivity contribution is 5.95. The molecule has 27 heavy (non-hydrogen) atoms. The summed E-state index contributed by atoms with van der Waals surface area (Å²) in [5, 5.41) is 24.7. The Morgan fingerprint density at radius 1 is 1.00 bits per heavy atom. The summed E-state index contributed by atoms with van der Waals surface area (Å²) in [5.41, 5.74) is 4.04. The Kier molecular flexibility index (Phi) is 4.32. The van der Waals surface area contributed by atoms with Gasteiger partial charge in [-0.3, -0.25) is 4.98 Å². The largest absolute Gasteiger partial charge is 0.504 e. The van der Waals surface area contributed by atoms with E-state index < -0.39 is 0 Å². The van der Waals surface area contributed by atoms with E-state index in [1.807, 2.05) is 0 Å². The van der Waals surface area contributed by atoms with Crippen molar-refractivity contribution in [3.63, 3.8) is 0 Å². The molecule has 0 atom stereocenters. The van der Waals surface area contributed by atoms with Gasteiger partial charge in [0, 0.05) is 54.4 Å². The maximum absolute atomic E-state index is 10.1. The highest BCUT2D eigenvalue weighted by Gasteiger charge is 2.32. The van der Waals surface area contributed by atoms with Gasteiger partial charge < -0.3 is 25.2 Å². The number of aromatic hydroxyl groups is 2. The minimum absolute atomic E-state index is 0.0966. The van der Waals surface area contributed by atoms with Crippen LogP contribution in [0.5, 0.6) is 11.5 Å². The van der Waals surface area contributed by atoms with Crippen LogP contribution in [0.3, 0.4) is 0 Å². The molecular weight excluding hydrogens is 342 g/mol. The molecule has 1 aromatic carbocycles. The molecule has 6 heteroatoms. The molecule has 6 nitrogen and oxygen atoms in total. The number of nitrogens with one attached hydrogen (secondary N) is 1. The van der Waals surface area contributed by atoms with Crippen LogP contribution in [0.2, 0.25) is 0 Å². The molecule has 0 amide bonds. The molecule has 2 fully saturated rings. The number of ether oxygens (including phenoxy) is 1. The number of fused-ring (bicyclic) bond motifs is 2. The van der Waals surface area contributed by atoms with Gasteiger partial charge in [-0.2, -0.15) is 0 Å². The van der Waals surface area contributed by atoms with Crippen molar-refractivity contribution >= 4 is 16.6 Å². The Balaban J connectivity index is 1.50. The molecule has 5 rings (SSSR count). The second-order valence-electron chi connectivity index (χ2n) is 8.07. The van der Waals surface area contributed by atoms with Crippen molar-refractivity contribution in [1.29, 1.82) is 0 Å². The normalized spacial score (nSPS) is 21.8. The molecule has 144 valence electrons. The number of likely N-dealkylation sites (tertiary alicyclic amines) is 1. The van der Waals surface area contributed by atoms with Gasteiger partial charge in [-0.05, 0) is 43.7 Å². The summed E-state index contributed by atoms with van der Waals surface area (Å²) in [6.45, 7) is 3.68. The number of anilines is 1. The quantitative estimate of drug-likeness (QED) is 0.722. The zero-order valence-corrected chi connectivity index (χ0v) is 15.6. The summed E-state index contributed by atoms with van der Waals surface area (Å²) in [7, 11) is 0. The predicted octanol–water partition coefficient (Wildman–Crippen LogP) is 2.80. The van der Waals surface area contributed by atoms with Crippen LogP contribution in [0.15, 0.2) is 12.1 Å². The molecule has 1 aliphatic carbocycles.